The smallest absolute Gasteiger partial charge is 0.462 e. The first kappa shape index (κ1) is 94.1. The minimum Gasteiger partial charge on any atom is -0.462 e. The lowest BCUT2D eigenvalue weighted by molar-refractivity contribution is -0.161. The summed E-state index contributed by atoms with van der Waals surface area (Å²) in [6, 6.07) is 0. The number of aliphatic hydroxyl groups excluding tert-OH is 1. The molecule has 17 nitrogen and oxygen atoms in total. The van der Waals surface area contributed by atoms with E-state index < -0.39 is 97.5 Å². The monoisotopic (exact) mass is 1410 g/mol. The first-order chi connectivity index (χ1) is 46.6. The normalized spacial score (nSPS) is 14.2. The minimum atomic E-state index is -4.96. The van der Waals surface area contributed by atoms with Crippen LogP contribution in [-0.4, -0.2) is 96.7 Å². The van der Waals surface area contributed by atoms with Crippen molar-refractivity contribution in [2.24, 2.45) is 5.92 Å². The molecule has 0 radical (unpaired) electrons. The number of rotatable bonds is 77. The van der Waals surface area contributed by atoms with Gasteiger partial charge in [0, 0.05) is 25.7 Å². The van der Waals surface area contributed by atoms with Crippen molar-refractivity contribution in [3.8, 4) is 0 Å². The molecule has 3 unspecified atom stereocenters. The Bertz CT molecular complexity index is 1840. The Hall–Kier alpha value is -1.94. The van der Waals surface area contributed by atoms with Gasteiger partial charge in [-0.1, -0.05) is 356 Å². The van der Waals surface area contributed by atoms with E-state index in [4.69, 9.17) is 37.0 Å². The Morgan fingerprint density at radius 3 is 0.740 bits per heavy atom. The van der Waals surface area contributed by atoms with E-state index in [0.717, 1.165) is 115 Å². The largest absolute Gasteiger partial charge is 0.472 e. The fourth-order valence-electron chi connectivity index (χ4n) is 11.8. The van der Waals surface area contributed by atoms with Gasteiger partial charge in [0.05, 0.1) is 26.4 Å². The zero-order valence-corrected chi connectivity index (χ0v) is 64.3. The minimum absolute atomic E-state index is 0.105. The number of ether oxygens (including phenoxy) is 4. The Labute approximate surface area is 588 Å². The second-order valence-electron chi connectivity index (χ2n) is 28.0. The van der Waals surface area contributed by atoms with E-state index in [-0.39, 0.29) is 25.7 Å². The molecule has 570 valence electrons. The summed E-state index contributed by atoms with van der Waals surface area (Å²) in [6.45, 7) is 7.29. The van der Waals surface area contributed by atoms with Gasteiger partial charge in [-0.3, -0.25) is 37.3 Å². The summed E-state index contributed by atoms with van der Waals surface area (Å²) in [5.74, 6) is -1.25. The van der Waals surface area contributed by atoms with Crippen LogP contribution in [0, 0.1) is 5.92 Å². The predicted octanol–water partition coefficient (Wildman–Crippen LogP) is 22.9. The molecule has 0 spiro atoms. The van der Waals surface area contributed by atoms with Crippen molar-refractivity contribution in [2.45, 2.75) is 425 Å². The maximum atomic E-state index is 13.1. The number of carbonyl (C=O) groups is 4. The van der Waals surface area contributed by atoms with Gasteiger partial charge in [-0.05, 0) is 31.6 Å². The van der Waals surface area contributed by atoms with E-state index in [1.807, 2.05) is 0 Å². The summed E-state index contributed by atoms with van der Waals surface area (Å²) in [5.41, 5.74) is 0. The van der Waals surface area contributed by atoms with Crippen LogP contribution in [0.4, 0.5) is 0 Å². The lowest BCUT2D eigenvalue weighted by Crippen LogP contribution is -2.30. The Morgan fingerprint density at radius 2 is 0.500 bits per heavy atom. The number of unbranched alkanes of at least 4 members (excludes halogenated alkanes) is 48. The molecule has 0 fully saturated rings. The third kappa shape index (κ3) is 69.2. The van der Waals surface area contributed by atoms with Crippen LogP contribution in [0.15, 0.2) is 0 Å². The molecule has 0 saturated carbocycles. The second-order valence-corrected chi connectivity index (χ2v) is 30.9. The first-order valence-corrected chi connectivity index (χ1v) is 43.2. The molecule has 0 aliphatic carbocycles. The van der Waals surface area contributed by atoms with Crippen molar-refractivity contribution < 1.29 is 80.2 Å². The number of phosphoric ester groups is 2. The standard InChI is InChI=1S/C77H150O17P2/c1-6-10-13-16-19-21-22-23-24-25-26-30-33-36-39-42-47-51-56-61-75(80)88-67-73(94-77(82)63-58-53-48-43-40-37-34-31-28-27-29-32-35-38-41-45-49-54-59-70(5)9-4)69-92-96(85,86)90-65-71(78)64-89-95(83,84)91-68-72(66-87-74(79)60-55-50-44-18-15-12-8-3)93-76(81)62-57-52-46-20-17-14-11-7-2/h70-73,78H,6-69H2,1-5H3,(H,83,84)(H,85,86)/t70?,71-,72+,73+/m0/s1. The highest BCUT2D eigenvalue weighted by molar-refractivity contribution is 7.47. The van der Waals surface area contributed by atoms with Crippen molar-refractivity contribution in [2.75, 3.05) is 39.6 Å². The number of aliphatic hydroxyl groups is 1. The molecule has 19 heteroatoms. The molecule has 0 aromatic carbocycles. The molecule has 96 heavy (non-hydrogen) atoms. The average molecular weight is 1410 g/mol. The molecule has 6 atom stereocenters. The van der Waals surface area contributed by atoms with Crippen LogP contribution in [0.1, 0.15) is 407 Å². The number of esters is 4. The summed E-state index contributed by atoms with van der Waals surface area (Å²) < 4.78 is 68.3. The maximum Gasteiger partial charge on any atom is 0.472 e. The van der Waals surface area contributed by atoms with Crippen molar-refractivity contribution in [1.29, 1.82) is 0 Å². The fraction of sp³-hybridized carbons (Fsp3) is 0.948. The van der Waals surface area contributed by atoms with E-state index in [2.05, 4.69) is 34.6 Å². The van der Waals surface area contributed by atoms with E-state index >= 15 is 0 Å². The molecule has 3 N–H and O–H groups in total. The Morgan fingerprint density at radius 1 is 0.292 bits per heavy atom. The third-order valence-electron chi connectivity index (χ3n) is 18.4. The van der Waals surface area contributed by atoms with Crippen molar-refractivity contribution in [3.05, 3.63) is 0 Å². The van der Waals surface area contributed by atoms with Crippen LogP contribution >= 0.6 is 15.6 Å². The SMILES string of the molecule is CCCCCCCCCCCCCCCCCCCCCC(=O)OC[C@H](COP(=O)(O)OC[C@@H](O)COP(=O)(O)OC[C@@H](COC(=O)CCCCCCCCC)OC(=O)CCCCCCCCCC)OC(=O)CCCCCCCCCCCCCCCCCCCCC(C)CC. The van der Waals surface area contributed by atoms with Crippen LogP contribution in [0.3, 0.4) is 0 Å². The van der Waals surface area contributed by atoms with Crippen LogP contribution in [0.5, 0.6) is 0 Å². The molecule has 0 aliphatic heterocycles. The van der Waals surface area contributed by atoms with E-state index in [0.29, 0.717) is 25.7 Å². The second kappa shape index (κ2) is 70.1. The highest BCUT2D eigenvalue weighted by Crippen LogP contribution is 2.45. The maximum absolute atomic E-state index is 13.1. The summed E-state index contributed by atoms with van der Waals surface area (Å²) in [6.07, 6.45) is 60.1. The molecule has 0 aromatic heterocycles. The highest BCUT2D eigenvalue weighted by atomic mass is 31.2. The number of phosphoric acid groups is 2. The predicted molar refractivity (Wildman–Crippen MR) is 391 cm³/mol. The summed E-state index contributed by atoms with van der Waals surface area (Å²) in [7, 11) is -9.90. The number of hydrogen-bond acceptors (Lipinski definition) is 15. The summed E-state index contributed by atoms with van der Waals surface area (Å²) in [4.78, 5) is 72.5. The van der Waals surface area contributed by atoms with Crippen molar-refractivity contribution >= 4 is 39.5 Å². The average Bonchev–Trinajstić information content (AvgIpc) is 2.42. The van der Waals surface area contributed by atoms with E-state index in [1.54, 1.807) is 0 Å². The number of carbonyl (C=O) groups excluding carboxylic acids is 4. The molecule has 0 heterocycles. The Balaban J connectivity index is 5.11. The zero-order valence-electron chi connectivity index (χ0n) is 62.5. The molecular weight excluding hydrogens is 1260 g/mol. The van der Waals surface area contributed by atoms with Gasteiger partial charge in [0.2, 0.25) is 0 Å². The molecule has 0 amide bonds. The van der Waals surface area contributed by atoms with Crippen molar-refractivity contribution in [3.63, 3.8) is 0 Å². The van der Waals surface area contributed by atoms with E-state index in [1.165, 1.54) is 212 Å². The first-order valence-electron chi connectivity index (χ1n) is 40.2. The van der Waals surface area contributed by atoms with Gasteiger partial charge in [0.25, 0.3) is 0 Å². The quantitative estimate of drug-likeness (QED) is 0.0222. The van der Waals surface area contributed by atoms with Crippen LogP contribution < -0.4 is 0 Å². The van der Waals surface area contributed by atoms with Gasteiger partial charge in [-0.25, -0.2) is 9.13 Å². The molecule has 0 rings (SSSR count). The molecule has 0 saturated heterocycles. The van der Waals surface area contributed by atoms with Crippen LogP contribution in [0.2, 0.25) is 0 Å². The molecule has 0 aromatic rings. The van der Waals surface area contributed by atoms with Gasteiger partial charge in [-0.2, -0.15) is 0 Å². The molecular formula is C77H150O17P2. The van der Waals surface area contributed by atoms with Gasteiger partial charge in [0.1, 0.15) is 19.3 Å². The van der Waals surface area contributed by atoms with Gasteiger partial charge in [-0.15, -0.1) is 0 Å². The fourth-order valence-corrected chi connectivity index (χ4v) is 13.4. The van der Waals surface area contributed by atoms with Crippen molar-refractivity contribution in [1.82, 2.24) is 0 Å². The molecule has 0 bridgehead atoms. The summed E-state index contributed by atoms with van der Waals surface area (Å²) in [5, 5.41) is 10.6. The summed E-state index contributed by atoms with van der Waals surface area (Å²) >= 11 is 0. The van der Waals surface area contributed by atoms with Crippen LogP contribution in [-0.2, 0) is 65.4 Å². The van der Waals surface area contributed by atoms with Gasteiger partial charge in [0.15, 0.2) is 12.2 Å². The Kier molecular flexibility index (Phi) is 68.7. The third-order valence-corrected chi connectivity index (χ3v) is 20.3. The molecule has 0 aliphatic rings. The van der Waals surface area contributed by atoms with Gasteiger partial charge >= 0.3 is 39.5 Å². The lowest BCUT2D eigenvalue weighted by atomic mass is 9.99. The lowest BCUT2D eigenvalue weighted by Gasteiger charge is -2.21. The highest BCUT2D eigenvalue weighted by Gasteiger charge is 2.30. The van der Waals surface area contributed by atoms with E-state index in [9.17, 15) is 43.2 Å². The van der Waals surface area contributed by atoms with Gasteiger partial charge < -0.3 is 33.8 Å². The topological polar surface area (TPSA) is 237 Å². The van der Waals surface area contributed by atoms with Crippen LogP contribution in [0.25, 0.3) is 0 Å². The zero-order chi connectivity index (χ0) is 70.5. The number of hydrogen-bond donors (Lipinski definition) is 3.